The average molecular weight is 542 g/mol. The van der Waals surface area contributed by atoms with Gasteiger partial charge in [0.2, 0.25) is 5.95 Å². The molecule has 0 radical (unpaired) electrons. The van der Waals surface area contributed by atoms with E-state index >= 15 is 0 Å². The van der Waals surface area contributed by atoms with Crippen molar-refractivity contribution in [1.82, 2.24) is 9.97 Å². The van der Waals surface area contributed by atoms with E-state index in [0.717, 1.165) is 17.5 Å². The van der Waals surface area contributed by atoms with Crippen LogP contribution in [0.15, 0.2) is 60.2 Å². The van der Waals surface area contributed by atoms with E-state index in [-0.39, 0.29) is 28.8 Å². The van der Waals surface area contributed by atoms with Gasteiger partial charge in [-0.15, -0.1) is 0 Å². The number of aliphatic hydroxyl groups excluding tert-OH is 1. The Morgan fingerprint density at radius 1 is 1.00 bits per heavy atom. The van der Waals surface area contributed by atoms with Gasteiger partial charge in [0.05, 0.1) is 35.9 Å². The number of phenolic OH excluding ortho intramolecular Hbond substituents is 1. The fourth-order valence-corrected chi connectivity index (χ4v) is 4.89. The number of benzene rings is 3. The molecule has 1 aromatic heterocycles. The molecule has 1 amide bonds. The third-order valence-corrected chi connectivity index (χ3v) is 6.81. The van der Waals surface area contributed by atoms with Crippen molar-refractivity contribution in [3.63, 3.8) is 0 Å². The summed E-state index contributed by atoms with van der Waals surface area (Å²) < 4.78 is 11.3. The van der Waals surface area contributed by atoms with Gasteiger partial charge in [-0.1, -0.05) is 19.1 Å². The van der Waals surface area contributed by atoms with Gasteiger partial charge in [0.1, 0.15) is 11.5 Å². The molecule has 0 bridgehead atoms. The fourth-order valence-electron chi connectivity index (χ4n) is 4.89. The van der Waals surface area contributed by atoms with Crippen LogP contribution in [0.5, 0.6) is 17.2 Å². The predicted molar refractivity (Wildman–Crippen MR) is 152 cm³/mol. The molecule has 1 aliphatic heterocycles. The molecule has 206 valence electrons. The maximum Gasteiger partial charge on any atom is 0.302 e. The zero-order chi connectivity index (χ0) is 28.6. The molecular formula is C31H31N3O6. The van der Waals surface area contributed by atoms with Crippen molar-refractivity contribution in [3.05, 3.63) is 82.4 Å². The lowest BCUT2D eigenvalue weighted by molar-refractivity contribution is -0.132. The molecule has 5 rings (SSSR count). The number of amides is 1. The van der Waals surface area contributed by atoms with Gasteiger partial charge in [-0.05, 0) is 86.3 Å². The van der Waals surface area contributed by atoms with Crippen LogP contribution in [-0.2, 0) is 9.59 Å². The Balaban J connectivity index is 1.70. The third kappa shape index (κ3) is 4.75. The van der Waals surface area contributed by atoms with E-state index in [1.807, 2.05) is 39.0 Å². The van der Waals surface area contributed by atoms with Gasteiger partial charge >= 0.3 is 5.91 Å². The highest BCUT2D eigenvalue weighted by molar-refractivity contribution is 6.51. The van der Waals surface area contributed by atoms with E-state index in [1.165, 1.54) is 11.0 Å². The van der Waals surface area contributed by atoms with Gasteiger partial charge in [0.15, 0.2) is 11.5 Å². The zero-order valence-electron chi connectivity index (χ0n) is 22.8. The van der Waals surface area contributed by atoms with Gasteiger partial charge in [0, 0.05) is 5.56 Å². The third-order valence-electron chi connectivity index (χ3n) is 6.81. The van der Waals surface area contributed by atoms with Crippen LogP contribution in [0.1, 0.15) is 48.6 Å². The van der Waals surface area contributed by atoms with Crippen molar-refractivity contribution in [2.75, 3.05) is 18.1 Å². The lowest BCUT2D eigenvalue weighted by Crippen LogP contribution is -2.30. The number of hydrogen-bond acceptors (Lipinski definition) is 7. The molecule has 0 spiro atoms. The molecule has 9 nitrogen and oxygen atoms in total. The molecule has 0 aliphatic carbocycles. The Bertz CT molecular complexity index is 1650. The minimum absolute atomic E-state index is 0.0833. The summed E-state index contributed by atoms with van der Waals surface area (Å²) in [6.07, 6.45) is 0.850. The number of aryl methyl sites for hydroxylation is 2. The number of fused-ring (bicyclic) bond motifs is 1. The molecule has 4 aromatic rings. The second kappa shape index (κ2) is 10.8. The Hall–Kier alpha value is -4.79. The molecule has 1 aliphatic rings. The van der Waals surface area contributed by atoms with Crippen LogP contribution in [0, 0.1) is 13.8 Å². The Morgan fingerprint density at radius 3 is 2.52 bits per heavy atom. The van der Waals surface area contributed by atoms with Crippen LogP contribution >= 0.6 is 0 Å². The number of ether oxygens (including phenoxy) is 2. The number of imidazole rings is 1. The highest BCUT2D eigenvalue weighted by Gasteiger charge is 2.48. The van der Waals surface area contributed by atoms with Gasteiger partial charge < -0.3 is 24.7 Å². The molecule has 1 unspecified atom stereocenters. The summed E-state index contributed by atoms with van der Waals surface area (Å²) in [5.41, 5.74) is 3.83. The lowest BCUT2D eigenvalue weighted by Gasteiger charge is -2.23. The summed E-state index contributed by atoms with van der Waals surface area (Å²) in [6, 6.07) is 14.3. The predicted octanol–water partition coefficient (Wildman–Crippen LogP) is 5.70. The maximum absolute atomic E-state index is 13.6. The minimum Gasteiger partial charge on any atom is -0.507 e. The highest BCUT2D eigenvalue weighted by Crippen LogP contribution is 2.44. The number of H-pyrrole nitrogens is 1. The first kappa shape index (κ1) is 26.8. The SMILES string of the molecule is CCCOc1ccc(/C(O)=C2\C(=O)C(=O)N(c3nc4ccc(C)cc4[nH]3)C2c2ccc(O)c(OCC)c2)cc1C. The first-order valence-electron chi connectivity index (χ1n) is 13.2. The van der Waals surface area contributed by atoms with E-state index in [1.54, 1.807) is 37.3 Å². The monoisotopic (exact) mass is 541 g/mol. The van der Waals surface area contributed by atoms with Gasteiger partial charge in [-0.3, -0.25) is 14.5 Å². The van der Waals surface area contributed by atoms with Crippen molar-refractivity contribution >= 4 is 34.4 Å². The molecule has 3 aromatic carbocycles. The largest absolute Gasteiger partial charge is 0.507 e. The molecule has 1 fully saturated rings. The molecule has 2 heterocycles. The standard InChI is InChI=1S/C31H31N3O6/c1-5-13-40-24-12-9-20(15-18(24)4)28(36)26-27(19-8-11-23(35)25(16-19)39-6-2)34(30(38)29(26)37)31-32-21-10-7-17(3)14-22(21)33-31/h7-12,14-16,27,35-36H,5-6,13H2,1-4H3,(H,32,33)/b28-26+. The number of phenols is 1. The summed E-state index contributed by atoms with van der Waals surface area (Å²) in [6.45, 7) is 8.44. The number of aromatic hydroxyl groups is 1. The Morgan fingerprint density at radius 2 is 1.80 bits per heavy atom. The van der Waals surface area contributed by atoms with Crippen molar-refractivity contribution in [2.24, 2.45) is 0 Å². The second-order valence-corrected chi connectivity index (χ2v) is 9.74. The molecular weight excluding hydrogens is 510 g/mol. The summed E-state index contributed by atoms with van der Waals surface area (Å²) in [5, 5.41) is 21.9. The van der Waals surface area contributed by atoms with Crippen molar-refractivity contribution in [2.45, 2.75) is 40.2 Å². The number of rotatable bonds is 8. The van der Waals surface area contributed by atoms with E-state index < -0.39 is 17.7 Å². The quantitative estimate of drug-likeness (QED) is 0.148. The molecule has 9 heteroatoms. The summed E-state index contributed by atoms with van der Waals surface area (Å²) >= 11 is 0. The topological polar surface area (TPSA) is 125 Å². The molecule has 0 saturated carbocycles. The summed E-state index contributed by atoms with van der Waals surface area (Å²) in [4.78, 5) is 36.1. The number of hydrogen-bond donors (Lipinski definition) is 3. The van der Waals surface area contributed by atoms with Gasteiger partial charge in [-0.2, -0.15) is 0 Å². The second-order valence-electron chi connectivity index (χ2n) is 9.74. The molecule has 1 saturated heterocycles. The first-order valence-corrected chi connectivity index (χ1v) is 13.2. The van der Waals surface area contributed by atoms with Crippen LogP contribution in [-0.4, -0.2) is 45.1 Å². The first-order chi connectivity index (χ1) is 19.2. The average Bonchev–Trinajstić information content (AvgIpc) is 3.46. The molecule has 40 heavy (non-hydrogen) atoms. The number of aromatic amines is 1. The highest BCUT2D eigenvalue weighted by atomic mass is 16.5. The Kier molecular flexibility index (Phi) is 7.21. The summed E-state index contributed by atoms with van der Waals surface area (Å²) in [5.74, 6) is -1.07. The molecule has 3 N–H and O–H groups in total. The van der Waals surface area contributed by atoms with E-state index in [4.69, 9.17) is 9.47 Å². The number of ketones is 1. The van der Waals surface area contributed by atoms with E-state index in [9.17, 15) is 19.8 Å². The number of carbonyl (C=O) groups is 2. The normalized spacial score (nSPS) is 16.6. The minimum atomic E-state index is -1.04. The van der Waals surface area contributed by atoms with Crippen LogP contribution in [0.25, 0.3) is 16.8 Å². The summed E-state index contributed by atoms with van der Waals surface area (Å²) in [7, 11) is 0. The zero-order valence-corrected chi connectivity index (χ0v) is 22.8. The number of aromatic nitrogens is 2. The maximum atomic E-state index is 13.6. The van der Waals surface area contributed by atoms with E-state index in [0.29, 0.717) is 41.1 Å². The number of aliphatic hydroxyl groups is 1. The van der Waals surface area contributed by atoms with Crippen LogP contribution in [0.3, 0.4) is 0 Å². The van der Waals surface area contributed by atoms with E-state index in [2.05, 4.69) is 9.97 Å². The van der Waals surface area contributed by atoms with Crippen LogP contribution in [0.4, 0.5) is 5.95 Å². The number of Topliss-reactive ketones (excluding diaryl/α,β-unsaturated/α-hetero) is 1. The van der Waals surface area contributed by atoms with Gasteiger partial charge in [-0.25, -0.2) is 4.98 Å². The van der Waals surface area contributed by atoms with Gasteiger partial charge in [0.25, 0.3) is 5.78 Å². The number of anilines is 1. The smallest absolute Gasteiger partial charge is 0.302 e. The lowest BCUT2D eigenvalue weighted by atomic mass is 9.94. The number of nitrogens with zero attached hydrogens (tertiary/aromatic N) is 2. The van der Waals surface area contributed by atoms with Crippen molar-refractivity contribution in [1.29, 1.82) is 0 Å². The number of nitrogens with one attached hydrogen (secondary N) is 1. The fraction of sp³-hybridized carbons (Fsp3) is 0.258. The van der Waals surface area contributed by atoms with Crippen LogP contribution < -0.4 is 14.4 Å². The Labute approximate surface area is 231 Å². The van der Waals surface area contributed by atoms with Crippen molar-refractivity contribution in [3.8, 4) is 17.2 Å². The van der Waals surface area contributed by atoms with Crippen LogP contribution in [0.2, 0.25) is 0 Å². The molecule has 1 atom stereocenters. The number of carbonyl (C=O) groups excluding carboxylic acids is 2. The van der Waals surface area contributed by atoms with Crippen molar-refractivity contribution < 1.29 is 29.3 Å².